The van der Waals surface area contributed by atoms with Crippen LogP contribution in [0.2, 0.25) is 0 Å². The number of carbonyl (C=O) groups is 1. The molecule has 2 aliphatic rings. The molecule has 2 atom stereocenters. The van der Waals surface area contributed by atoms with Gasteiger partial charge in [-0.3, -0.25) is 4.79 Å². The van der Waals surface area contributed by atoms with Crippen LogP contribution in [0.1, 0.15) is 37.6 Å². The van der Waals surface area contributed by atoms with Gasteiger partial charge in [-0.05, 0) is 32.1 Å². The first-order chi connectivity index (χ1) is 16.6. The smallest absolute Gasteiger partial charge is 0.434 e. The summed E-state index contributed by atoms with van der Waals surface area (Å²) in [5.74, 6) is 1.21. The van der Waals surface area contributed by atoms with Crippen molar-refractivity contribution in [2.75, 3.05) is 36.3 Å². The number of aromatic nitrogens is 4. The van der Waals surface area contributed by atoms with Crippen LogP contribution in [-0.4, -0.2) is 64.8 Å². The highest BCUT2D eigenvalue weighted by atomic mass is 19.4. The fourth-order valence-electron chi connectivity index (χ4n) is 4.38. The zero-order valence-corrected chi connectivity index (χ0v) is 19.9. The van der Waals surface area contributed by atoms with Crippen LogP contribution in [0.3, 0.4) is 0 Å². The topological polar surface area (TPSA) is 114 Å². The van der Waals surface area contributed by atoms with Gasteiger partial charge in [-0.2, -0.15) is 18.2 Å². The first-order valence-electron chi connectivity index (χ1n) is 11.3. The van der Waals surface area contributed by atoms with Gasteiger partial charge < -0.3 is 25.0 Å². The molecule has 2 N–H and O–H groups in total. The summed E-state index contributed by atoms with van der Waals surface area (Å²) >= 11 is 0. The molecule has 3 heterocycles. The molecule has 2 aromatic rings. The molecule has 10 nitrogen and oxygen atoms in total. The molecule has 2 aromatic heterocycles. The summed E-state index contributed by atoms with van der Waals surface area (Å²) < 4.78 is 48.7. The number of nitrogens with zero attached hydrogens (tertiary/aromatic N) is 5. The van der Waals surface area contributed by atoms with E-state index in [0.717, 1.165) is 19.0 Å². The van der Waals surface area contributed by atoms with Crippen LogP contribution in [0.25, 0.3) is 0 Å². The summed E-state index contributed by atoms with van der Waals surface area (Å²) in [5, 5.41) is 6.24. The van der Waals surface area contributed by atoms with E-state index in [1.54, 1.807) is 7.11 Å². The van der Waals surface area contributed by atoms with E-state index >= 15 is 0 Å². The van der Waals surface area contributed by atoms with E-state index in [4.69, 9.17) is 9.47 Å². The Labute approximate surface area is 200 Å². The number of rotatable bonds is 8. The predicted molar refractivity (Wildman–Crippen MR) is 121 cm³/mol. The molecule has 190 valence electrons. The first kappa shape index (κ1) is 24.9. The highest BCUT2D eigenvalue weighted by Crippen LogP contribution is 2.36. The van der Waals surface area contributed by atoms with Gasteiger partial charge in [-0.15, -0.1) is 0 Å². The van der Waals surface area contributed by atoms with Crippen molar-refractivity contribution in [3.05, 3.63) is 23.8 Å². The zero-order chi connectivity index (χ0) is 25.3. The number of halogens is 3. The van der Waals surface area contributed by atoms with Gasteiger partial charge in [-0.25, -0.2) is 15.0 Å². The van der Waals surface area contributed by atoms with Gasteiger partial charge in [0.1, 0.15) is 11.7 Å². The van der Waals surface area contributed by atoms with E-state index in [9.17, 15) is 18.0 Å². The molecular weight excluding hydrogens is 467 g/mol. The molecule has 1 aliphatic carbocycles. The van der Waals surface area contributed by atoms with Gasteiger partial charge >= 0.3 is 6.18 Å². The highest BCUT2D eigenvalue weighted by Gasteiger charge is 2.39. The molecule has 1 aliphatic heterocycles. The van der Waals surface area contributed by atoms with Crippen LogP contribution >= 0.6 is 0 Å². The van der Waals surface area contributed by atoms with E-state index in [2.05, 4.69) is 30.6 Å². The van der Waals surface area contributed by atoms with Crippen molar-refractivity contribution in [1.82, 2.24) is 19.9 Å². The first-order valence-corrected chi connectivity index (χ1v) is 11.3. The summed E-state index contributed by atoms with van der Waals surface area (Å²) in [4.78, 5) is 30.7. The zero-order valence-electron chi connectivity index (χ0n) is 19.9. The second kappa shape index (κ2) is 9.80. The third kappa shape index (κ3) is 5.24. The summed E-state index contributed by atoms with van der Waals surface area (Å²) in [6.45, 7) is 4.11. The van der Waals surface area contributed by atoms with E-state index in [0.29, 0.717) is 42.4 Å². The molecule has 0 aromatic carbocycles. The number of fused-ring (bicyclic) bond motifs is 1. The van der Waals surface area contributed by atoms with Crippen LogP contribution in [0.15, 0.2) is 12.4 Å². The maximum Gasteiger partial charge on any atom is 0.434 e. The number of alkyl halides is 3. The maximum atomic E-state index is 12.7. The van der Waals surface area contributed by atoms with Crippen LogP contribution in [-0.2, 0) is 15.7 Å². The number of hydrogen-bond acceptors (Lipinski definition) is 9. The van der Waals surface area contributed by atoms with E-state index < -0.39 is 17.9 Å². The van der Waals surface area contributed by atoms with Crippen LogP contribution in [0, 0.1) is 12.8 Å². The summed E-state index contributed by atoms with van der Waals surface area (Å²) in [6.07, 6.45) is -0.923. The Hall–Kier alpha value is -3.22. The second-order valence-corrected chi connectivity index (χ2v) is 8.79. The van der Waals surface area contributed by atoms with Crippen molar-refractivity contribution in [3.63, 3.8) is 0 Å². The molecule has 1 saturated carbocycles. The lowest BCUT2D eigenvalue weighted by molar-refractivity contribution is -0.141. The monoisotopic (exact) mass is 495 g/mol. The van der Waals surface area contributed by atoms with Crippen LogP contribution < -0.4 is 20.3 Å². The van der Waals surface area contributed by atoms with Crippen molar-refractivity contribution >= 4 is 23.4 Å². The minimum atomic E-state index is -4.53. The average Bonchev–Trinajstić information content (AvgIpc) is 2.78. The van der Waals surface area contributed by atoms with Gasteiger partial charge in [0, 0.05) is 20.2 Å². The molecule has 0 unspecified atom stereocenters. The lowest BCUT2D eigenvalue weighted by Crippen LogP contribution is -2.53. The predicted octanol–water partition coefficient (Wildman–Crippen LogP) is 3.05. The maximum absolute atomic E-state index is 12.7. The van der Waals surface area contributed by atoms with Crippen LogP contribution in [0.5, 0.6) is 5.88 Å². The van der Waals surface area contributed by atoms with Gasteiger partial charge in [0.05, 0.1) is 30.8 Å². The van der Waals surface area contributed by atoms with Crippen molar-refractivity contribution in [3.8, 4) is 5.88 Å². The standard InChI is InChI=1S/C22H28F3N7O3/c1-5-14(34-4)18-20(33)30-17-11(2)28-21(31-19(17)32(18)3)29-13-6-12(7-13)10-35-16-9-26-15(8-27-16)22(23,24)25/h8-9,12-14,18H,5-7,10H2,1-4H3,(H,30,33)(H,28,29,31)/t12-,13+,14-,18+/m1/s1. The molecule has 1 fully saturated rings. The molecule has 4 rings (SSSR count). The van der Waals surface area contributed by atoms with E-state index in [1.807, 2.05) is 25.8 Å². The second-order valence-electron chi connectivity index (χ2n) is 8.79. The molecular formula is C22H28F3N7O3. The van der Waals surface area contributed by atoms with Gasteiger partial charge in [0.25, 0.3) is 0 Å². The Morgan fingerprint density at radius 1 is 1.26 bits per heavy atom. The Bertz CT molecular complexity index is 1060. The number of aryl methyl sites for hydroxylation is 1. The fourth-order valence-corrected chi connectivity index (χ4v) is 4.38. The third-order valence-electron chi connectivity index (χ3n) is 6.35. The molecule has 1 amide bonds. The number of methoxy groups -OCH3 is 1. The number of ether oxygens (including phenoxy) is 2. The summed E-state index contributed by atoms with van der Waals surface area (Å²) in [5.41, 5.74) is 0.187. The number of likely N-dealkylation sites (N-methyl/N-ethyl adjacent to an activating group) is 1. The molecule has 0 saturated heterocycles. The third-order valence-corrected chi connectivity index (χ3v) is 6.35. The Morgan fingerprint density at radius 2 is 2.00 bits per heavy atom. The van der Waals surface area contributed by atoms with Gasteiger partial charge in [0.15, 0.2) is 11.5 Å². The Balaban J connectivity index is 1.33. The van der Waals surface area contributed by atoms with Gasteiger partial charge in [0.2, 0.25) is 17.7 Å². The number of carbonyl (C=O) groups excluding carboxylic acids is 1. The normalized spacial score (nSPS) is 22.7. The number of amides is 1. The summed E-state index contributed by atoms with van der Waals surface area (Å²) in [7, 11) is 3.41. The van der Waals surface area contributed by atoms with E-state index in [1.165, 1.54) is 0 Å². The lowest BCUT2D eigenvalue weighted by atomic mass is 9.81. The van der Waals surface area contributed by atoms with Crippen molar-refractivity contribution in [2.45, 2.75) is 57.5 Å². The Morgan fingerprint density at radius 3 is 2.60 bits per heavy atom. The largest absolute Gasteiger partial charge is 0.476 e. The quantitative estimate of drug-likeness (QED) is 0.570. The van der Waals surface area contributed by atoms with Gasteiger partial charge in [-0.1, -0.05) is 6.92 Å². The van der Waals surface area contributed by atoms with E-state index in [-0.39, 0.29) is 29.9 Å². The number of anilines is 3. The molecule has 13 heteroatoms. The minimum Gasteiger partial charge on any atom is -0.476 e. The molecule has 0 spiro atoms. The average molecular weight is 496 g/mol. The van der Waals surface area contributed by atoms with Crippen LogP contribution in [0.4, 0.5) is 30.6 Å². The van der Waals surface area contributed by atoms with Crippen molar-refractivity contribution < 1.29 is 27.4 Å². The number of nitrogens with one attached hydrogen (secondary N) is 2. The molecule has 0 bridgehead atoms. The highest BCUT2D eigenvalue weighted by molar-refractivity contribution is 6.03. The SMILES string of the molecule is CC[C@@H](OC)[C@H]1C(=O)Nc2c(C)nc(N[C@H]3C[C@@H](COc4cnc(C(F)(F)F)cn4)C3)nc2N1C. The Kier molecular flexibility index (Phi) is 6.97. The number of hydrogen-bond donors (Lipinski definition) is 2. The summed E-state index contributed by atoms with van der Waals surface area (Å²) in [6, 6.07) is -0.375. The fraction of sp³-hybridized carbons (Fsp3) is 0.591. The molecule has 0 radical (unpaired) electrons. The molecule has 35 heavy (non-hydrogen) atoms. The van der Waals surface area contributed by atoms with Crippen molar-refractivity contribution in [2.24, 2.45) is 5.92 Å². The minimum absolute atomic E-state index is 0.0594. The lowest BCUT2D eigenvalue weighted by Gasteiger charge is -2.39. The van der Waals surface area contributed by atoms with Crippen molar-refractivity contribution in [1.29, 1.82) is 0 Å².